The van der Waals surface area contributed by atoms with Crippen molar-refractivity contribution in [2.45, 2.75) is 25.4 Å². The van der Waals surface area contributed by atoms with Crippen molar-refractivity contribution >= 4 is 5.91 Å². The van der Waals surface area contributed by atoms with E-state index in [0.717, 1.165) is 19.3 Å². The summed E-state index contributed by atoms with van der Waals surface area (Å²) in [6.07, 6.45) is 3.72. The first-order valence-electron chi connectivity index (χ1n) is 4.32. The molecule has 0 aromatic heterocycles. The molecule has 3 nitrogen and oxygen atoms in total. The first-order chi connectivity index (χ1) is 5.75. The van der Waals surface area contributed by atoms with E-state index in [-0.39, 0.29) is 11.8 Å². The number of amides is 1. The minimum atomic E-state index is -0.435. The Morgan fingerprint density at radius 1 is 1.67 bits per heavy atom. The van der Waals surface area contributed by atoms with Crippen LogP contribution in [0, 0.1) is 5.92 Å². The van der Waals surface area contributed by atoms with Gasteiger partial charge in [-0.15, -0.1) is 6.58 Å². The van der Waals surface area contributed by atoms with Crippen LogP contribution in [-0.2, 0) is 4.79 Å². The van der Waals surface area contributed by atoms with Gasteiger partial charge in [-0.25, -0.2) is 0 Å². The molecule has 2 N–H and O–H groups in total. The molecule has 3 heteroatoms. The molecule has 1 saturated carbocycles. The number of aliphatic hydroxyl groups excluding tert-OH is 1. The van der Waals surface area contributed by atoms with Crippen molar-refractivity contribution in [1.29, 1.82) is 0 Å². The second-order valence-electron chi connectivity index (χ2n) is 3.14. The average Bonchev–Trinajstić information content (AvgIpc) is 2.47. The molecular formula is C9H15NO2. The molecule has 0 bridgehead atoms. The van der Waals surface area contributed by atoms with Crippen LogP contribution in [0.3, 0.4) is 0 Å². The highest BCUT2D eigenvalue weighted by Gasteiger charge is 2.30. The van der Waals surface area contributed by atoms with Crippen LogP contribution in [0.25, 0.3) is 0 Å². The number of carbonyl (C=O) groups excluding carboxylic acids is 1. The van der Waals surface area contributed by atoms with E-state index in [4.69, 9.17) is 0 Å². The standard InChI is InChI=1S/C9H15NO2/c1-2-6-10-9(12)7-4-3-5-8(7)11/h2,7-8,11H,1,3-6H2,(H,10,12)/t7-,8-/m0/s1. The van der Waals surface area contributed by atoms with Gasteiger partial charge in [-0.05, 0) is 19.3 Å². The Labute approximate surface area is 72.5 Å². The van der Waals surface area contributed by atoms with Crippen LogP contribution in [0.5, 0.6) is 0 Å². The van der Waals surface area contributed by atoms with Gasteiger partial charge in [0, 0.05) is 6.54 Å². The minimum absolute atomic E-state index is 0.0418. The van der Waals surface area contributed by atoms with Crippen LogP contribution in [0.15, 0.2) is 12.7 Å². The number of hydrogen-bond acceptors (Lipinski definition) is 2. The summed E-state index contributed by atoms with van der Waals surface area (Å²) in [5.41, 5.74) is 0. The average molecular weight is 169 g/mol. The topological polar surface area (TPSA) is 49.3 Å². The van der Waals surface area contributed by atoms with Crippen molar-refractivity contribution in [2.24, 2.45) is 5.92 Å². The summed E-state index contributed by atoms with van der Waals surface area (Å²) in [6.45, 7) is 3.99. The zero-order chi connectivity index (χ0) is 8.97. The van der Waals surface area contributed by atoms with Gasteiger partial charge in [0.05, 0.1) is 12.0 Å². The van der Waals surface area contributed by atoms with Gasteiger partial charge in [-0.2, -0.15) is 0 Å². The number of aliphatic hydroxyl groups is 1. The number of carbonyl (C=O) groups is 1. The zero-order valence-electron chi connectivity index (χ0n) is 7.12. The summed E-state index contributed by atoms with van der Waals surface area (Å²) in [6, 6.07) is 0. The lowest BCUT2D eigenvalue weighted by atomic mass is 10.1. The summed E-state index contributed by atoms with van der Waals surface area (Å²) < 4.78 is 0. The van der Waals surface area contributed by atoms with E-state index in [1.54, 1.807) is 6.08 Å². The molecule has 1 fully saturated rings. The fraction of sp³-hybridized carbons (Fsp3) is 0.667. The van der Waals surface area contributed by atoms with E-state index < -0.39 is 6.10 Å². The quantitative estimate of drug-likeness (QED) is 0.603. The van der Waals surface area contributed by atoms with Crippen molar-refractivity contribution in [3.63, 3.8) is 0 Å². The molecular weight excluding hydrogens is 154 g/mol. The highest BCUT2D eigenvalue weighted by molar-refractivity contribution is 5.79. The second-order valence-corrected chi connectivity index (χ2v) is 3.14. The van der Waals surface area contributed by atoms with Crippen LogP contribution in [0.2, 0.25) is 0 Å². The largest absolute Gasteiger partial charge is 0.392 e. The predicted octanol–water partition coefficient (Wildman–Crippen LogP) is 0.450. The van der Waals surface area contributed by atoms with Crippen molar-refractivity contribution in [1.82, 2.24) is 5.32 Å². The van der Waals surface area contributed by atoms with E-state index in [2.05, 4.69) is 11.9 Å². The van der Waals surface area contributed by atoms with Gasteiger partial charge in [0.2, 0.25) is 5.91 Å². The third-order valence-electron chi connectivity index (χ3n) is 2.24. The molecule has 0 heterocycles. The molecule has 1 rings (SSSR count). The number of rotatable bonds is 3. The molecule has 1 aliphatic rings. The van der Waals surface area contributed by atoms with Gasteiger partial charge >= 0.3 is 0 Å². The van der Waals surface area contributed by atoms with Gasteiger partial charge in [0.1, 0.15) is 0 Å². The SMILES string of the molecule is C=CCNC(=O)[C@H]1CCC[C@@H]1O. The van der Waals surface area contributed by atoms with Crippen molar-refractivity contribution < 1.29 is 9.90 Å². The van der Waals surface area contributed by atoms with E-state index in [0.29, 0.717) is 6.54 Å². The summed E-state index contributed by atoms with van der Waals surface area (Å²) >= 11 is 0. The Hall–Kier alpha value is -0.830. The minimum Gasteiger partial charge on any atom is -0.392 e. The Morgan fingerprint density at radius 2 is 2.42 bits per heavy atom. The van der Waals surface area contributed by atoms with E-state index in [1.165, 1.54) is 0 Å². The molecule has 0 aliphatic heterocycles. The van der Waals surface area contributed by atoms with E-state index in [9.17, 15) is 9.90 Å². The van der Waals surface area contributed by atoms with Crippen molar-refractivity contribution in [3.8, 4) is 0 Å². The number of nitrogens with one attached hydrogen (secondary N) is 1. The first-order valence-corrected chi connectivity index (χ1v) is 4.32. The van der Waals surface area contributed by atoms with Crippen molar-refractivity contribution in [3.05, 3.63) is 12.7 Å². The van der Waals surface area contributed by atoms with Crippen molar-refractivity contribution in [2.75, 3.05) is 6.54 Å². The molecule has 0 aromatic carbocycles. The maximum absolute atomic E-state index is 11.3. The molecule has 1 amide bonds. The van der Waals surface area contributed by atoms with Gasteiger partial charge in [-0.1, -0.05) is 6.08 Å². The Morgan fingerprint density at radius 3 is 2.92 bits per heavy atom. The third-order valence-corrected chi connectivity index (χ3v) is 2.24. The molecule has 0 unspecified atom stereocenters. The van der Waals surface area contributed by atoms with Crippen LogP contribution in [0.1, 0.15) is 19.3 Å². The van der Waals surface area contributed by atoms with E-state index >= 15 is 0 Å². The summed E-state index contributed by atoms with van der Waals surface area (Å²) in [5, 5.41) is 12.1. The summed E-state index contributed by atoms with van der Waals surface area (Å²) in [4.78, 5) is 11.3. The third kappa shape index (κ3) is 2.08. The van der Waals surface area contributed by atoms with Crippen LogP contribution in [0.4, 0.5) is 0 Å². The van der Waals surface area contributed by atoms with Crippen LogP contribution < -0.4 is 5.32 Å². The van der Waals surface area contributed by atoms with E-state index in [1.807, 2.05) is 0 Å². The van der Waals surface area contributed by atoms with Gasteiger partial charge < -0.3 is 10.4 Å². The second kappa shape index (κ2) is 4.26. The van der Waals surface area contributed by atoms with Gasteiger partial charge in [0.25, 0.3) is 0 Å². The highest BCUT2D eigenvalue weighted by atomic mass is 16.3. The normalized spacial score (nSPS) is 28.4. The number of hydrogen-bond donors (Lipinski definition) is 2. The Bertz CT molecular complexity index is 179. The van der Waals surface area contributed by atoms with Crippen LogP contribution >= 0.6 is 0 Å². The fourth-order valence-corrected chi connectivity index (χ4v) is 1.55. The first kappa shape index (κ1) is 9.26. The maximum Gasteiger partial charge on any atom is 0.225 e. The predicted molar refractivity (Wildman–Crippen MR) is 46.6 cm³/mol. The Kier molecular flexibility index (Phi) is 3.29. The summed E-state index contributed by atoms with van der Waals surface area (Å²) in [7, 11) is 0. The summed E-state index contributed by atoms with van der Waals surface area (Å²) in [5.74, 6) is -0.232. The molecule has 1 aliphatic carbocycles. The Balaban J connectivity index is 2.35. The molecule has 0 saturated heterocycles. The molecule has 68 valence electrons. The maximum atomic E-state index is 11.3. The smallest absolute Gasteiger partial charge is 0.225 e. The lowest BCUT2D eigenvalue weighted by Gasteiger charge is -2.12. The lowest BCUT2D eigenvalue weighted by Crippen LogP contribution is -2.34. The zero-order valence-corrected chi connectivity index (χ0v) is 7.12. The molecule has 12 heavy (non-hydrogen) atoms. The molecule has 0 radical (unpaired) electrons. The van der Waals surface area contributed by atoms with Gasteiger partial charge in [0.15, 0.2) is 0 Å². The fourth-order valence-electron chi connectivity index (χ4n) is 1.55. The molecule has 2 atom stereocenters. The highest BCUT2D eigenvalue weighted by Crippen LogP contribution is 2.25. The lowest BCUT2D eigenvalue weighted by molar-refractivity contribution is -0.127. The van der Waals surface area contributed by atoms with Gasteiger partial charge in [-0.3, -0.25) is 4.79 Å². The molecule has 0 spiro atoms. The van der Waals surface area contributed by atoms with Crippen LogP contribution in [-0.4, -0.2) is 23.7 Å². The monoisotopic (exact) mass is 169 g/mol. The molecule has 0 aromatic rings.